The number of thiophene rings is 1. The number of hydrogen-bond donors (Lipinski definition) is 2. The van der Waals surface area contributed by atoms with E-state index in [0.717, 1.165) is 2.88 Å². The molecule has 86 valence electrons. The Kier molecular flexibility index (Phi) is 3.20. The molecule has 16 heavy (non-hydrogen) atoms. The molecule has 1 amide bonds. The van der Waals surface area contributed by atoms with Crippen molar-refractivity contribution in [1.29, 1.82) is 0 Å². The summed E-state index contributed by atoms with van der Waals surface area (Å²) in [4.78, 5) is 22.5. The second-order valence-corrected chi connectivity index (χ2v) is 6.71. The molecule has 1 saturated carbocycles. The number of aliphatic carboxylic acids is 1. The minimum Gasteiger partial charge on any atom is -0.481 e. The molecule has 0 aliphatic heterocycles. The maximum Gasteiger partial charge on any atom is 0.311 e. The first-order chi connectivity index (χ1) is 7.53. The standard InChI is InChI=1S/C10H10INO3S/c11-7-3-6(4-16-7)8(13)12-5-10(1-2-10)9(14)15/h3-4H,1-2,5H2,(H,12,13)(H,14,15). The van der Waals surface area contributed by atoms with Crippen LogP contribution in [0.4, 0.5) is 0 Å². The van der Waals surface area contributed by atoms with E-state index in [1.54, 1.807) is 11.4 Å². The molecule has 1 aromatic rings. The molecule has 0 aromatic carbocycles. The molecule has 0 radical (unpaired) electrons. The average Bonchev–Trinajstić information content (AvgIpc) is 2.92. The van der Waals surface area contributed by atoms with Crippen molar-refractivity contribution in [1.82, 2.24) is 5.32 Å². The summed E-state index contributed by atoms with van der Waals surface area (Å²) in [7, 11) is 0. The van der Waals surface area contributed by atoms with Crippen molar-refractivity contribution in [3.8, 4) is 0 Å². The first-order valence-electron chi connectivity index (χ1n) is 4.79. The van der Waals surface area contributed by atoms with E-state index < -0.39 is 11.4 Å². The number of carboxylic acid groups (broad SMARTS) is 1. The number of rotatable bonds is 4. The summed E-state index contributed by atoms with van der Waals surface area (Å²) in [5.41, 5.74) is -0.0886. The molecule has 0 spiro atoms. The molecule has 2 N–H and O–H groups in total. The van der Waals surface area contributed by atoms with Gasteiger partial charge in [0.15, 0.2) is 0 Å². The fourth-order valence-corrected chi connectivity index (χ4v) is 2.72. The van der Waals surface area contributed by atoms with E-state index in [1.807, 2.05) is 0 Å². The van der Waals surface area contributed by atoms with E-state index in [2.05, 4.69) is 27.9 Å². The van der Waals surface area contributed by atoms with Crippen LogP contribution in [-0.2, 0) is 4.79 Å². The van der Waals surface area contributed by atoms with E-state index in [-0.39, 0.29) is 12.5 Å². The van der Waals surface area contributed by atoms with Gasteiger partial charge in [-0.05, 0) is 41.5 Å². The van der Waals surface area contributed by atoms with Crippen molar-refractivity contribution >= 4 is 45.8 Å². The molecule has 0 atom stereocenters. The SMILES string of the molecule is O=C(NCC1(C(=O)O)CC1)c1csc(I)c1. The van der Waals surface area contributed by atoms with Crippen molar-refractivity contribution in [3.05, 3.63) is 19.9 Å². The summed E-state index contributed by atoms with van der Waals surface area (Å²) in [6.45, 7) is 0.230. The molecule has 1 fully saturated rings. The number of carboxylic acids is 1. The monoisotopic (exact) mass is 351 g/mol. The van der Waals surface area contributed by atoms with Crippen LogP contribution in [-0.4, -0.2) is 23.5 Å². The Bertz CT molecular complexity index is 439. The summed E-state index contributed by atoms with van der Waals surface area (Å²) in [5.74, 6) is -1.00. The molecular formula is C10H10INO3S. The number of carbonyl (C=O) groups is 2. The highest BCUT2D eigenvalue weighted by molar-refractivity contribution is 14.1. The quantitative estimate of drug-likeness (QED) is 0.815. The smallest absolute Gasteiger partial charge is 0.311 e. The van der Waals surface area contributed by atoms with Gasteiger partial charge < -0.3 is 10.4 Å². The summed E-state index contributed by atoms with van der Waals surface area (Å²) >= 11 is 3.64. The highest BCUT2D eigenvalue weighted by atomic mass is 127. The molecule has 0 unspecified atom stereocenters. The van der Waals surface area contributed by atoms with Crippen molar-refractivity contribution in [3.63, 3.8) is 0 Å². The van der Waals surface area contributed by atoms with E-state index in [4.69, 9.17) is 5.11 Å². The van der Waals surface area contributed by atoms with Gasteiger partial charge in [-0.1, -0.05) is 0 Å². The Morgan fingerprint density at radius 2 is 2.25 bits per heavy atom. The fraction of sp³-hybridized carbons (Fsp3) is 0.400. The topological polar surface area (TPSA) is 66.4 Å². The Hall–Kier alpha value is -0.630. The van der Waals surface area contributed by atoms with E-state index in [0.29, 0.717) is 18.4 Å². The zero-order valence-electron chi connectivity index (χ0n) is 8.33. The van der Waals surface area contributed by atoms with E-state index in [1.165, 1.54) is 11.3 Å². The summed E-state index contributed by atoms with van der Waals surface area (Å²) in [6.07, 6.45) is 1.31. The third kappa shape index (κ3) is 2.37. The zero-order valence-corrected chi connectivity index (χ0v) is 11.3. The third-order valence-corrected chi connectivity index (χ3v) is 4.51. The maximum absolute atomic E-state index is 11.7. The maximum atomic E-state index is 11.7. The van der Waals surface area contributed by atoms with Crippen LogP contribution in [0.25, 0.3) is 0 Å². The molecule has 1 aliphatic rings. The summed E-state index contributed by atoms with van der Waals surface area (Å²) in [5, 5.41) is 13.4. The highest BCUT2D eigenvalue weighted by Crippen LogP contribution is 2.45. The molecule has 1 aliphatic carbocycles. The van der Waals surface area contributed by atoms with Crippen LogP contribution in [0.2, 0.25) is 0 Å². The van der Waals surface area contributed by atoms with Crippen LogP contribution >= 0.6 is 33.9 Å². The number of amides is 1. The molecule has 0 saturated heterocycles. The number of carbonyl (C=O) groups excluding carboxylic acids is 1. The van der Waals surface area contributed by atoms with Crippen molar-refractivity contribution in [2.75, 3.05) is 6.54 Å². The Labute approximate surface area is 110 Å². The lowest BCUT2D eigenvalue weighted by Crippen LogP contribution is -2.34. The highest BCUT2D eigenvalue weighted by Gasteiger charge is 2.50. The normalized spacial score (nSPS) is 16.8. The largest absolute Gasteiger partial charge is 0.481 e. The van der Waals surface area contributed by atoms with Gasteiger partial charge in [0, 0.05) is 11.9 Å². The number of hydrogen-bond acceptors (Lipinski definition) is 3. The average molecular weight is 351 g/mol. The molecule has 1 aromatic heterocycles. The second-order valence-electron chi connectivity index (χ2n) is 3.91. The van der Waals surface area contributed by atoms with Gasteiger partial charge in [0.1, 0.15) is 0 Å². The Morgan fingerprint density at radius 1 is 1.56 bits per heavy atom. The van der Waals surface area contributed by atoms with Crippen molar-refractivity contribution in [2.24, 2.45) is 5.41 Å². The van der Waals surface area contributed by atoms with Gasteiger partial charge in [0.25, 0.3) is 5.91 Å². The van der Waals surface area contributed by atoms with Gasteiger partial charge >= 0.3 is 5.97 Å². The van der Waals surface area contributed by atoms with Gasteiger partial charge in [-0.25, -0.2) is 0 Å². The van der Waals surface area contributed by atoms with Crippen molar-refractivity contribution in [2.45, 2.75) is 12.8 Å². The predicted octanol–water partition coefficient (Wildman–Crippen LogP) is 1.95. The number of halogens is 1. The lowest BCUT2D eigenvalue weighted by Gasteiger charge is -2.10. The minimum atomic E-state index is -0.812. The molecule has 4 nitrogen and oxygen atoms in total. The van der Waals surface area contributed by atoms with Crippen LogP contribution in [0.15, 0.2) is 11.4 Å². The van der Waals surface area contributed by atoms with E-state index >= 15 is 0 Å². The van der Waals surface area contributed by atoms with Crippen LogP contribution in [0.1, 0.15) is 23.2 Å². The van der Waals surface area contributed by atoms with Gasteiger partial charge in [0.2, 0.25) is 0 Å². The van der Waals surface area contributed by atoms with Crippen molar-refractivity contribution < 1.29 is 14.7 Å². The van der Waals surface area contributed by atoms with Crippen LogP contribution in [0.5, 0.6) is 0 Å². The van der Waals surface area contributed by atoms with Crippen LogP contribution in [0.3, 0.4) is 0 Å². The third-order valence-electron chi connectivity index (χ3n) is 2.72. The summed E-state index contributed by atoms with van der Waals surface area (Å²) in [6, 6.07) is 1.79. The number of nitrogens with one attached hydrogen (secondary N) is 1. The fourth-order valence-electron chi connectivity index (χ4n) is 1.40. The molecular weight excluding hydrogens is 341 g/mol. The Balaban J connectivity index is 1.92. The molecule has 0 bridgehead atoms. The lowest BCUT2D eigenvalue weighted by atomic mass is 10.1. The lowest BCUT2D eigenvalue weighted by molar-refractivity contribution is -0.143. The first kappa shape index (κ1) is 11.8. The van der Waals surface area contributed by atoms with Gasteiger partial charge in [0.05, 0.1) is 13.9 Å². The zero-order chi connectivity index (χ0) is 11.8. The molecule has 2 rings (SSSR count). The molecule has 1 heterocycles. The molecule has 6 heteroatoms. The summed E-state index contributed by atoms with van der Waals surface area (Å²) < 4.78 is 1.04. The first-order valence-corrected chi connectivity index (χ1v) is 6.75. The minimum absolute atomic E-state index is 0.188. The Morgan fingerprint density at radius 3 is 2.69 bits per heavy atom. The predicted molar refractivity (Wildman–Crippen MR) is 68.7 cm³/mol. The van der Waals surface area contributed by atoms with Crippen LogP contribution < -0.4 is 5.32 Å². The van der Waals surface area contributed by atoms with Gasteiger partial charge in [-0.3, -0.25) is 9.59 Å². The van der Waals surface area contributed by atoms with E-state index in [9.17, 15) is 9.59 Å². The second kappa shape index (κ2) is 4.33. The van der Waals surface area contributed by atoms with Gasteiger partial charge in [-0.15, -0.1) is 11.3 Å². The van der Waals surface area contributed by atoms with Crippen LogP contribution in [0, 0.1) is 8.30 Å². The van der Waals surface area contributed by atoms with Gasteiger partial charge in [-0.2, -0.15) is 0 Å².